The largest absolute Gasteiger partial charge is 0.455 e. The molecule has 2 aromatic heterocycles. The van der Waals surface area contributed by atoms with Gasteiger partial charge in [0.15, 0.2) is 17.5 Å². The van der Waals surface area contributed by atoms with E-state index in [0.29, 0.717) is 17.5 Å². The van der Waals surface area contributed by atoms with Crippen molar-refractivity contribution in [1.82, 2.24) is 15.0 Å². The van der Waals surface area contributed by atoms with E-state index in [1.54, 1.807) is 0 Å². The van der Waals surface area contributed by atoms with Gasteiger partial charge in [0.25, 0.3) is 0 Å². The topological polar surface area (TPSA) is 51.8 Å². The van der Waals surface area contributed by atoms with Crippen LogP contribution >= 0.6 is 0 Å². The fourth-order valence-electron chi connectivity index (χ4n) is 6.43. The average molecular weight is 602 g/mol. The maximum atomic E-state index is 6.52. The van der Waals surface area contributed by atoms with Crippen molar-refractivity contribution in [2.24, 2.45) is 0 Å². The van der Waals surface area contributed by atoms with Crippen molar-refractivity contribution >= 4 is 32.7 Å². The number of hydrogen-bond acceptors (Lipinski definition) is 4. The van der Waals surface area contributed by atoms with Crippen molar-refractivity contribution in [2.45, 2.75) is 0 Å². The number of furan rings is 1. The zero-order valence-corrected chi connectivity index (χ0v) is 25.3. The predicted molar refractivity (Wildman–Crippen MR) is 192 cm³/mol. The van der Waals surface area contributed by atoms with Gasteiger partial charge in [-0.25, -0.2) is 15.0 Å². The van der Waals surface area contributed by atoms with Gasteiger partial charge in [-0.1, -0.05) is 140 Å². The molecule has 0 aliphatic heterocycles. The summed E-state index contributed by atoms with van der Waals surface area (Å²) in [5.74, 6) is 1.83. The Morgan fingerprint density at radius 3 is 1.55 bits per heavy atom. The molecule has 7 aromatic carbocycles. The van der Waals surface area contributed by atoms with Gasteiger partial charge in [0.05, 0.1) is 0 Å². The molecule has 0 spiro atoms. The molecule has 0 saturated heterocycles. The molecule has 0 aliphatic rings. The number of rotatable bonds is 5. The van der Waals surface area contributed by atoms with Crippen LogP contribution in [0.2, 0.25) is 0 Å². The van der Waals surface area contributed by atoms with Crippen LogP contribution in [0.3, 0.4) is 0 Å². The Kier molecular flexibility index (Phi) is 6.43. The lowest BCUT2D eigenvalue weighted by Crippen LogP contribution is -2.00. The van der Waals surface area contributed by atoms with Gasteiger partial charge in [0.1, 0.15) is 11.2 Å². The maximum absolute atomic E-state index is 6.52. The Morgan fingerprint density at radius 1 is 0.362 bits per heavy atom. The maximum Gasteiger partial charge on any atom is 0.164 e. The van der Waals surface area contributed by atoms with Gasteiger partial charge in [0, 0.05) is 32.8 Å². The molecule has 0 bridgehead atoms. The van der Waals surface area contributed by atoms with Crippen LogP contribution in [0.5, 0.6) is 0 Å². The van der Waals surface area contributed by atoms with E-state index in [-0.39, 0.29) is 0 Å². The minimum atomic E-state index is 0.599. The first-order valence-corrected chi connectivity index (χ1v) is 15.7. The molecule has 0 saturated carbocycles. The summed E-state index contributed by atoms with van der Waals surface area (Å²) in [5, 5.41) is 4.25. The van der Waals surface area contributed by atoms with E-state index in [9.17, 15) is 0 Å². The van der Waals surface area contributed by atoms with Gasteiger partial charge in [0.2, 0.25) is 0 Å². The Morgan fingerprint density at radius 2 is 0.894 bits per heavy atom. The number of benzene rings is 7. The Bertz CT molecular complexity index is 2470. The molecule has 47 heavy (non-hydrogen) atoms. The summed E-state index contributed by atoms with van der Waals surface area (Å²) in [6, 6.07) is 56.3. The highest BCUT2D eigenvalue weighted by atomic mass is 16.3. The molecule has 9 rings (SSSR count). The summed E-state index contributed by atoms with van der Waals surface area (Å²) < 4.78 is 6.52. The third-order valence-corrected chi connectivity index (χ3v) is 8.72. The zero-order chi connectivity index (χ0) is 31.2. The number of fused-ring (bicyclic) bond motifs is 5. The minimum Gasteiger partial charge on any atom is -0.455 e. The first-order valence-electron chi connectivity index (χ1n) is 15.7. The third-order valence-electron chi connectivity index (χ3n) is 8.72. The van der Waals surface area contributed by atoms with Gasteiger partial charge >= 0.3 is 0 Å². The molecule has 4 nitrogen and oxygen atoms in total. The predicted octanol–water partition coefficient (Wildman–Crippen LogP) is 11.3. The van der Waals surface area contributed by atoms with E-state index in [0.717, 1.165) is 71.7 Å². The molecular weight excluding hydrogens is 574 g/mol. The van der Waals surface area contributed by atoms with E-state index in [2.05, 4.69) is 133 Å². The zero-order valence-electron chi connectivity index (χ0n) is 25.3. The summed E-state index contributed by atoms with van der Waals surface area (Å²) in [6.45, 7) is 0. The molecule has 0 radical (unpaired) electrons. The van der Waals surface area contributed by atoms with E-state index < -0.39 is 0 Å². The molecule has 2 heterocycles. The molecular formula is C43H27N3O. The van der Waals surface area contributed by atoms with Gasteiger partial charge < -0.3 is 4.42 Å². The molecule has 220 valence electrons. The minimum absolute atomic E-state index is 0.599. The second-order valence-electron chi connectivity index (χ2n) is 11.6. The Labute approximate surface area is 271 Å². The van der Waals surface area contributed by atoms with Gasteiger partial charge in [-0.2, -0.15) is 0 Å². The molecule has 0 unspecified atom stereocenters. The molecule has 4 heteroatoms. The lowest BCUT2D eigenvalue weighted by atomic mass is 10.0. The Balaban J connectivity index is 1.28. The standard InChI is InChI=1S/C43H27N3O/c1-3-12-28(13-4-1)31-17-9-19-33(26-31)41-44-42(34-20-10-18-32(27-34)29-14-5-2-6-15-29)46-43(45-41)37-22-11-23-38-39(37)36-25-24-30-16-7-8-21-35(30)40(36)47-38/h1-27H. The highest BCUT2D eigenvalue weighted by Gasteiger charge is 2.19. The van der Waals surface area contributed by atoms with E-state index in [1.165, 1.54) is 0 Å². The van der Waals surface area contributed by atoms with Gasteiger partial charge in [-0.05, 0) is 51.9 Å². The van der Waals surface area contributed by atoms with E-state index >= 15 is 0 Å². The van der Waals surface area contributed by atoms with Crippen molar-refractivity contribution in [1.29, 1.82) is 0 Å². The van der Waals surface area contributed by atoms with Crippen molar-refractivity contribution in [3.63, 3.8) is 0 Å². The molecule has 9 aromatic rings. The monoisotopic (exact) mass is 601 g/mol. The summed E-state index contributed by atoms with van der Waals surface area (Å²) in [7, 11) is 0. The van der Waals surface area contributed by atoms with Crippen LogP contribution in [-0.4, -0.2) is 15.0 Å². The quantitative estimate of drug-likeness (QED) is 0.197. The van der Waals surface area contributed by atoms with Crippen molar-refractivity contribution in [3.8, 4) is 56.4 Å². The molecule has 0 aliphatic carbocycles. The van der Waals surface area contributed by atoms with Gasteiger partial charge in [-0.15, -0.1) is 0 Å². The summed E-state index contributed by atoms with van der Waals surface area (Å²) in [4.78, 5) is 15.4. The van der Waals surface area contributed by atoms with Crippen LogP contribution in [0.15, 0.2) is 168 Å². The summed E-state index contributed by atoms with van der Waals surface area (Å²) in [6.07, 6.45) is 0. The lowest BCUT2D eigenvalue weighted by Gasteiger charge is -2.11. The van der Waals surface area contributed by atoms with Crippen molar-refractivity contribution in [3.05, 3.63) is 164 Å². The third kappa shape index (κ3) is 4.84. The van der Waals surface area contributed by atoms with Gasteiger partial charge in [-0.3, -0.25) is 0 Å². The smallest absolute Gasteiger partial charge is 0.164 e. The normalized spacial score (nSPS) is 11.4. The lowest BCUT2D eigenvalue weighted by molar-refractivity contribution is 0.672. The summed E-state index contributed by atoms with van der Waals surface area (Å²) in [5.41, 5.74) is 8.90. The van der Waals surface area contributed by atoms with Crippen molar-refractivity contribution in [2.75, 3.05) is 0 Å². The first kappa shape index (κ1) is 27.0. The number of aromatic nitrogens is 3. The second kappa shape index (κ2) is 11.2. The number of nitrogens with zero attached hydrogens (tertiary/aromatic N) is 3. The average Bonchev–Trinajstić information content (AvgIpc) is 3.55. The molecule has 0 atom stereocenters. The summed E-state index contributed by atoms with van der Waals surface area (Å²) >= 11 is 0. The second-order valence-corrected chi connectivity index (χ2v) is 11.6. The molecule has 0 fully saturated rings. The van der Waals surface area contributed by atoms with Crippen LogP contribution in [0, 0.1) is 0 Å². The first-order chi connectivity index (χ1) is 23.3. The van der Waals surface area contributed by atoms with E-state index in [1.807, 2.05) is 30.3 Å². The highest BCUT2D eigenvalue weighted by molar-refractivity contribution is 6.18. The fourth-order valence-corrected chi connectivity index (χ4v) is 6.43. The van der Waals surface area contributed by atoms with E-state index in [4.69, 9.17) is 19.4 Å². The van der Waals surface area contributed by atoms with Crippen LogP contribution in [0.4, 0.5) is 0 Å². The van der Waals surface area contributed by atoms with Crippen molar-refractivity contribution < 1.29 is 4.42 Å². The SMILES string of the molecule is c1ccc(-c2cccc(-c3nc(-c4cccc(-c5ccccc5)c4)nc(-c4cccc5oc6c7ccccc7ccc6c45)n3)c2)cc1. The number of hydrogen-bond donors (Lipinski definition) is 0. The Hall–Kier alpha value is -6.39. The molecule has 0 amide bonds. The fraction of sp³-hybridized carbons (Fsp3) is 0. The molecule has 0 N–H and O–H groups in total. The van der Waals surface area contributed by atoms with Crippen LogP contribution in [-0.2, 0) is 0 Å². The van der Waals surface area contributed by atoms with Crippen LogP contribution in [0.1, 0.15) is 0 Å². The van der Waals surface area contributed by atoms with Crippen LogP contribution < -0.4 is 0 Å². The van der Waals surface area contributed by atoms with Crippen LogP contribution in [0.25, 0.3) is 89.1 Å². The highest BCUT2D eigenvalue weighted by Crippen LogP contribution is 2.39.